The van der Waals surface area contributed by atoms with Crippen LogP contribution in [-0.4, -0.2) is 21.8 Å². The smallest absolute Gasteiger partial charge is 0.303 e. The van der Waals surface area contributed by atoms with Crippen molar-refractivity contribution < 1.29 is 14.7 Å². The Hall–Kier alpha value is -3.14. The number of Topliss-reactive ketones (excluding diaryl/α,β-unsaturated/α-hetero) is 1. The number of benzene rings is 2. The molecule has 2 N–H and O–H groups in total. The molecule has 0 fully saturated rings. The van der Waals surface area contributed by atoms with Crippen LogP contribution in [0.25, 0.3) is 0 Å². The first-order valence-electron chi connectivity index (χ1n) is 11.6. The summed E-state index contributed by atoms with van der Waals surface area (Å²) in [6.07, 6.45) is 10.4. The molecule has 0 atom stereocenters. The van der Waals surface area contributed by atoms with Gasteiger partial charge in [-0.1, -0.05) is 67.4 Å². The molecule has 0 amide bonds. The zero-order valence-corrected chi connectivity index (χ0v) is 18.7. The normalized spacial score (nSPS) is 10.9. The van der Waals surface area contributed by atoms with Gasteiger partial charge >= 0.3 is 5.97 Å². The monoisotopic (exact) mass is 431 g/mol. The van der Waals surface area contributed by atoms with Gasteiger partial charge in [0.1, 0.15) is 0 Å². The van der Waals surface area contributed by atoms with Gasteiger partial charge in [0.05, 0.1) is 6.42 Å². The van der Waals surface area contributed by atoms with Gasteiger partial charge in [0.25, 0.3) is 0 Å². The van der Waals surface area contributed by atoms with Crippen molar-refractivity contribution in [2.24, 2.45) is 0 Å². The first kappa shape index (κ1) is 23.5. The fourth-order valence-corrected chi connectivity index (χ4v) is 4.03. The summed E-state index contributed by atoms with van der Waals surface area (Å²) < 4.78 is 0. The lowest BCUT2D eigenvalue weighted by molar-refractivity contribution is -0.136. The first-order chi connectivity index (χ1) is 15.6. The number of hydrogen-bond donors (Lipinski definition) is 2. The average molecular weight is 432 g/mol. The Morgan fingerprint density at radius 2 is 1.25 bits per heavy atom. The van der Waals surface area contributed by atoms with E-state index in [1.54, 1.807) is 12.3 Å². The maximum atomic E-state index is 12.6. The maximum absolute atomic E-state index is 12.6. The van der Waals surface area contributed by atoms with Gasteiger partial charge in [-0.05, 0) is 61.3 Å². The van der Waals surface area contributed by atoms with E-state index in [-0.39, 0.29) is 12.2 Å². The molecule has 0 unspecified atom stereocenters. The van der Waals surface area contributed by atoms with Crippen molar-refractivity contribution in [3.8, 4) is 0 Å². The van der Waals surface area contributed by atoms with Crippen molar-refractivity contribution in [3.05, 3.63) is 94.8 Å². The second-order valence-corrected chi connectivity index (χ2v) is 8.40. The van der Waals surface area contributed by atoms with Crippen LogP contribution < -0.4 is 0 Å². The summed E-state index contributed by atoms with van der Waals surface area (Å²) in [5.74, 6) is -0.795. The molecule has 168 valence electrons. The first-order valence-corrected chi connectivity index (χ1v) is 11.6. The van der Waals surface area contributed by atoms with Crippen LogP contribution in [0.2, 0.25) is 0 Å². The Morgan fingerprint density at radius 1 is 0.656 bits per heavy atom. The van der Waals surface area contributed by atoms with Crippen molar-refractivity contribution >= 4 is 11.8 Å². The molecule has 0 aliphatic carbocycles. The van der Waals surface area contributed by atoms with E-state index in [9.17, 15) is 9.59 Å². The molecule has 4 nitrogen and oxygen atoms in total. The van der Waals surface area contributed by atoms with Gasteiger partial charge in [0, 0.05) is 23.9 Å². The fourth-order valence-electron chi connectivity index (χ4n) is 4.03. The highest BCUT2D eigenvalue weighted by molar-refractivity contribution is 5.97. The van der Waals surface area contributed by atoms with Gasteiger partial charge < -0.3 is 10.1 Å². The molecule has 0 aliphatic heterocycles. The third kappa shape index (κ3) is 7.84. The van der Waals surface area contributed by atoms with Gasteiger partial charge in [0.15, 0.2) is 5.78 Å². The highest BCUT2D eigenvalue weighted by atomic mass is 16.4. The summed E-state index contributed by atoms with van der Waals surface area (Å²) >= 11 is 0. The van der Waals surface area contributed by atoms with Gasteiger partial charge in [-0.3, -0.25) is 9.59 Å². The lowest BCUT2D eigenvalue weighted by Crippen LogP contribution is -2.06. The lowest BCUT2D eigenvalue weighted by Gasteiger charge is -2.06. The fraction of sp³-hybridized carbons (Fsp3) is 0.357. The van der Waals surface area contributed by atoms with Crippen LogP contribution >= 0.6 is 0 Å². The van der Waals surface area contributed by atoms with Crippen LogP contribution in [-0.2, 0) is 30.5 Å². The summed E-state index contributed by atoms with van der Waals surface area (Å²) in [6.45, 7) is 0. The van der Waals surface area contributed by atoms with E-state index in [2.05, 4.69) is 59.6 Å². The molecule has 32 heavy (non-hydrogen) atoms. The van der Waals surface area contributed by atoms with E-state index in [0.717, 1.165) is 24.1 Å². The predicted octanol–water partition coefficient (Wildman–Crippen LogP) is 6.19. The number of hydrogen-bond acceptors (Lipinski definition) is 2. The number of carboxylic acids is 1. The molecule has 3 rings (SSSR count). The number of carbonyl (C=O) groups excluding carboxylic acids is 1. The zero-order chi connectivity index (χ0) is 22.6. The Bertz CT molecular complexity index is 973. The van der Waals surface area contributed by atoms with E-state index in [1.165, 1.54) is 36.8 Å². The second-order valence-electron chi connectivity index (χ2n) is 8.40. The molecule has 4 heteroatoms. The number of unbranched alkanes of at least 4 members (excludes halogenated alkanes) is 3. The van der Waals surface area contributed by atoms with Crippen LogP contribution in [0.5, 0.6) is 0 Å². The van der Waals surface area contributed by atoms with Gasteiger partial charge in [-0.2, -0.15) is 0 Å². The van der Waals surface area contributed by atoms with E-state index < -0.39 is 5.97 Å². The minimum Gasteiger partial charge on any atom is -0.481 e. The minimum absolute atomic E-state index is 0.0231. The third-order valence-corrected chi connectivity index (χ3v) is 5.91. The zero-order valence-electron chi connectivity index (χ0n) is 18.7. The van der Waals surface area contributed by atoms with Crippen LogP contribution in [0.3, 0.4) is 0 Å². The molecule has 3 aromatic rings. The van der Waals surface area contributed by atoms with E-state index >= 15 is 0 Å². The lowest BCUT2D eigenvalue weighted by atomic mass is 9.99. The topological polar surface area (TPSA) is 70.2 Å². The summed E-state index contributed by atoms with van der Waals surface area (Å²) in [6, 6.07) is 21.0. The summed E-state index contributed by atoms with van der Waals surface area (Å²) in [4.78, 5) is 26.3. The molecular weight excluding hydrogens is 398 g/mol. The summed E-state index contributed by atoms with van der Waals surface area (Å²) in [5, 5.41) is 8.85. The average Bonchev–Trinajstić information content (AvgIpc) is 3.29. The van der Waals surface area contributed by atoms with Crippen molar-refractivity contribution in [1.29, 1.82) is 0 Å². The quantitative estimate of drug-likeness (QED) is 0.236. The van der Waals surface area contributed by atoms with Gasteiger partial charge in [-0.15, -0.1) is 0 Å². The molecule has 0 saturated carbocycles. The number of rotatable bonds is 14. The number of H-pyrrole nitrogens is 1. The number of carboxylic acid groups (broad SMARTS) is 1. The Kier molecular flexibility index (Phi) is 9.30. The van der Waals surface area contributed by atoms with Crippen LogP contribution in [0.1, 0.15) is 71.3 Å². The van der Waals surface area contributed by atoms with Crippen molar-refractivity contribution in [3.63, 3.8) is 0 Å². The molecule has 0 saturated heterocycles. The van der Waals surface area contributed by atoms with Crippen LogP contribution in [0.15, 0.2) is 66.9 Å². The highest BCUT2D eigenvalue weighted by Crippen LogP contribution is 2.16. The Morgan fingerprint density at radius 3 is 1.88 bits per heavy atom. The predicted molar refractivity (Wildman–Crippen MR) is 128 cm³/mol. The Balaban J connectivity index is 1.34. The molecule has 1 heterocycles. The van der Waals surface area contributed by atoms with Crippen LogP contribution in [0.4, 0.5) is 0 Å². The molecule has 0 bridgehead atoms. The molecule has 2 aromatic carbocycles. The molecule has 0 aliphatic rings. The number of nitrogens with one attached hydrogen (secondary N) is 1. The number of carbonyl (C=O) groups is 2. The van der Waals surface area contributed by atoms with Crippen molar-refractivity contribution in [1.82, 2.24) is 4.98 Å². The van der Waals surface area contributed by atoms with Gasteiger partial charge in [-0.25, -0.2) is 0 Å². The number of aromatic amines is 1. The number of aliphatic carboxylic acids is 1. The van der Waals surface area contributed by atoms with E-state index in [1.807, 2.05) is 0 Å². The molecule has 0 spiro atoms. The largest absolute Gasteiger partial charge is 0.481 e. The summed E-state index contributed by atoms with van der Waals surface area (Å²) in [5.41, 5.74) is 5.28. The van der Waals surface area contributed by atoms with E-state index in [4.69, 9.17) is 5.11 Å². The van der Waals surface area contributed by atoms with E-state index in [0.29, 0.717) is 24.8 Å². The molecule has 0 radical (unpaired) electrons. The second kappa shape index (κ2) is 12.7. The van der Waals surface area contributed by atoms with Crippen LogP contribution in [0, 0.1) is 0 Å². The third-order valence-electron chi connectivity index (χ3n) is 5.91. The SMILES string of the molecule is O=C(O)CCc1[nH]ccc1C(=O)CCc1ccc(CCCCCCc2ccccc2)cc1. The highest BCUT2D eigenvalue weighted by Gasteiger charge is 2.13. The standard InChI is InChI=1S/C28H33NO3/c30-27(25-20-21-29-26(25)17-19-28(31)32)18-16-24-14-12-23(13-15-24)11-5-2-1-4-8-22-9-6-3-7-10-22/h3,6-7,9-10,12-15,20-21,29H,1-2,4-5,8,11,16-19H2,(H,31,32). The number of ketones is 1. The van der Waals surface area contributed by atoms with Crippen molar-refractivity contribution in [2.75, 3.05) is 0 Å². The number of aryl methyl sites for hydroxylation is 4. The van der Waals surface area contributed by atoms with Gasteiger partial charge in [0.2, 0.25) is 0 Å². The molecular formula is C28H33NO3. The van der Waals surface area contributed by atoms with Crippen molar-refractivity contribution in [2.45, 2.75) is 64.2 Å². The maximum Gasteiger partial charge on any atom is 0.303 e. The number of aromatic nitrogens is 1. The minimum atomic E-state index is -0.856. The Labute approximate surface area is 190 Å². The molecule has 1 aromatic heterocycles. The summed E-state index contributed by atoms with van der Waals surface area (Å²) in [7, 11) is 0.